The first-order valence-electron chi connectivity index (χ1n) is 8.35. The number of rotatable bonds is 7. The van der Waals surface area contributed by atoms with Gasteiger partial charge < -0.3 is 15.7 Å². The molecule has 1 fully saturated rings. The summed E-state index contributed by atoms with van der Waals surface area (Å²) in [6.07, 6.45) is 1.45. The number of likely N-dealkylation sites (tertiary alicyclic amines) is 1. The van der Waals surface area contributed by atoms with Crippen LogP contribution in [0.25, 0.3) is 0 Å². The van der Waals surface area contributed by atoms with E-state index in [1.807, 2.05) is 30.3 Å². The van der Waals surface area contributed by atoms with Crippen LogP contribution >= 0.6 is 0 Å². The van der Waals surface area contributed by atoms with E-state index in [-0.39, 0.29) is 12.5 Å². The van der Waals surface area contributed by atoms with Gasteiger partial charge in [0.25, 0.3) is 5.91 Å². The molecule has 2 unspecified atom stereocenters. The van der Waals surface area contributed by atoms with Crippen LogP contribution in [-0.2, 0) is 16.0 Å². The standard InChI is InChI=1S/C18H27N3O3/c1-20(2)18(17(19)24)11-12-21(13-18)16(23)15(22)10-6-9-14-7-4-3-5-8-14/h3-5,7-8,15,22H,6,9-13H2,1-2H3,(H2,19,24). The number of hydrogen-bond donors (Lipinski definition) is 2. The quantitative estimate of drug-likeness (QED) is 0.756. The van der Waals surface area contributed by atoms with E-state index in [0.717, 1.165) is 12.8 Å². The van der Waals surface area contributed by atoms with Crippen LogP contribution in [0.3, 0.4) is 0 Å². The Labute approximate surface area is 143 Å². The number of amides is 2. The number of primary amides is 1. The number of benzene rings is 1. The molecule has 1 aromatic carbocycles. The lowest BCUT2D eigenvalue weighted by molar-refractivity contribution is -0.140. The molecule has 132 valence electrons. The fourth-order valence-corrected chi connectivity index (χ4v) is 3.25. The first-order valence-corrected chi connectivity index (χ1v) is 8.35. The zero-order valence-electron chi connectivity index (χ0n) is 14.4. The maximum Gasteiger partial charge on any atom is 0.251 e. The van der Waals surface area contributed by atoms with Crippen molar-refractivity contribution in [3.05, 3.63) is 35.9 Å². The lowest BCUT2D eigenvalue weighted by Gasteiger charge is -2.33. The molecule has 1 heterocycles. The van der Waals surface area contributed by atoms with E-state index >= 15 is 0 Å². The third-order valence-electron chi connectivity index (χ3n) is 4.95. The number of carbonyl (C=O) groups excluding carboxylic acids is 2. The van der Waals surface area contributed by atoms with Crippen molar-refractivity contribution in [1.82, 2.24) is 9.80 Å². The molecule has 1 aliphatic rings. The Hall–Kier alpha value is -1.92. The summed E-state index contributed by atoms with van der Waals surface area (Å²) >= 11 is 0. The molecule has 0 spiro atoms. The lowest BCUT2D eigenvalue weighted by Crippen LogP contribution is -2.57. The molecule has 0 radical (unpaired) electrons. The lowest BCUT2D eigenvalue weighted by atomic mass is 9.96. The summed E-state index contributed by atoms with van der Waals surface area (Å²) in [6.45, 7) is 0.680. The molecule has 0 bridgehead atoms. The first kappa shape index (κ1) is 18.4. The van der Waals surface area contributed by atoms with Gasteiger partial charge in [0.15, 0.2) is 0 Å². The second-order valence-corrected chi connectivity index (χ2v) is 6.69. The van der Waals surface area contributed by atoms with Crippen molar-refractivity contribution in [2.75, 3.05) is 27.2 Å². The Morgan fingerprint density at radius 1 is 1.33 bits per heavy atom. The van der Waals surface area contributed by atoms with Crippen LogP contribution in [0.4, 0.5) is 0 Å². The van der Waals surface area contributed by atoms with Gasteiger partial charge in [-0.1, -0.05) is 30.3 Å². The molecule has 0 saturated carbocycles. The van der Waals surface area contributed by atoms with Gasteiger partial charge in [-0.3, -0.25) is 14.5 Å². The van der Waals surface area contributed by atoms with Gasteiger partial charge in [-0.05, 0) is 45.3 Å². The van der Waals surface area contributed by atoms with Crippen LogP contribution in [0.15, 0.2) is 30.3 Å². The van der Waals surface area contributed by atoms with E-state index in [4.69, 9.17) is 5.73 Å². The van der Waals surface area contributed by atoms with Gasteiger partial charge in [-0.15, -0.1) is 0 Å². The predicted octanol–water partition coefficient (Wildman–Crippen LogP) is 0.388. The molecule has 6 heteroatoms. The van der Waals surface area contributed by atoms with Crippen molar-refractivity contribution in [2.45, 2.75) is 37.3 Å². The van der Waals surface area contributed by atoms with Gasteiger partial charge in [-0.25, -0.2) is 0 Å². The topological polar surface area (TPSA) is 86.9 Å². The maximum absolute atomic E-state index is 12.4. The van der Waals surface area contributed by atoms with E-state index in [1.54, 1.807) is 23.9 Å². The second kappa shape index (κ2) is 7.77. The van der Waals surface area contributed by atoms with Gasteiger partial charge >= 0.3 is 0 Å². The molecule has 3 N–H and O–H groups in total. The van der Waals surface area contributed by atoms with E-state index in [9.17, 15) is 14.7 Å². The number of aryl methyl sites for hydroxylation is 1. The summed E-state index contributed by atoms with van der Waals surface area (Å²) < 4.78 is 0. The molecule has 6 nitrogen and oxygen atoms in total. The van der Waals surface area contributed by atoms with E-state index < -0.39 is 17.6 Å². The maximum atomic E-state index is 12.4. The molecule has 2 rings (SSSR count). The zero-order chi connectivity index (χ0) is 17.7. The smallest absolute Gasteiger partial charge is 0.251 e. The van der Waals surface area contributed by atoms with Gasteiger partial charge in [0.1, 0.15) is 11.6 Å². The second-order valence-electron chi connectivity index (χ2n) is 6.69. The molecular weight excluding hydrogens is 306 g/mol. The normalized spacial score (nSPS) is 21.9. The average molecular weight is 333 g/mol. The highest BCUT2D eigenvalue weighted by atomic mass is 16.3. The Kier molecular flexibility index (Phi) is 5.96. The van der Waals surface area contributed by atoms with Crippen molar-refractivity contribution < 1.29 is 14.7 Å². The van der Waals surface area contributed by atoms with Crippen LogP contribution in [0.2, 0.25) is 0 Å². The minimum absolute atomic E-state index is 0.240. The van der Waals surface area contributed by atoms with Gasteiger partial charge in [-0.2, -0.15) is 0 Å². The summed E-state index contributed by atoms with van der Waals surface area (Å²) in [7, 11) is 3.57. The highest BCUT2D eigenvalue weighted by molar-refractivity contribution is 5.88. The van der Waals surface area contributed by atoms with Crippen molar-refractivity contribution in [3.8, 4) is 0 Å². The monoisotopic (exact) mass is 333 g/mol. The Balaban J connectivity index is 1.86. The van der Waals surface area contributed by atoms with Crippen molar-refractivity contribution in [3.63, 3.8) is 0 Å². The highest BCUT2D eigenvalue weighted by Gasteiger charge is 2.47. The van der Waals surface area contributed by atoms with Crippen LogP contribution in [0.1, 0.15) is 24.8 Å². The van der Waals surface area contributed by atoms with Gasteiger partial charge in [0, 0.05) is 13.1 Å². The molecule has 24 heavy (non-hydrogen) atoms. The van der Waals surface area contributed by atoms with Crippen LogP contribution < -0.4 is 5.73 Å². The largest absolute Gasteiger partial charge is 0.383 e. The zero-order valence-corrected chi connectivity index (χ0v) is 14.4. The number of likely N-dealkylation sites (N-methyl/N-ethyl adjacent to an activating group) is 1. The molecule has 2 amide bonds. The molecule has 0 aliphatic carbocycles. The van der Waals surface area contributed by atoms with Crippen LogP contribution in [0, 0.1) is 0 Å². The third kappa shape index (κ3) is 3.94. The van der Waals surface area contributed by atoms with E-state index in [0.29, 0.717) is 19.4 Å². The number of aliphatic hydroxyl groups is 1. The van der Waals surface area contributed by atoms with Gasteiger partial charge in [0.2, 0.25) is 5.91 Å². The molecule has 1 aromatic rings. The summed E-state index contributed by atoms with van der Waals surface area (Å²) in [6, 6.07) is 9.99. The fourth-order valence-electron chi connectivity index (χ4n) is 3.25. The third-order valence-corrected chi connectivity index (χ3v) is 4.95. The Bertz CT molecular complexity index is 576. The number of nitrogens with two attached hydrogens (primary N) is 1. The van der Waals surface area contributed by atoms with Crippen molar-refractivity contribution >= 4 is 11.8 Å². The Morgan fingerprint density at radius 3 is 2.54 bits per heavy atom. The SMILES string of the molecule is CN(C)C1(C(N)=O)CCN(C(=O)C(O)CCCc2ccccc2)C1. The van der Waals surface area contributed by atoms with Crippen molar-refractivity contribution in [1.29, 1.82) is 0 Å². The highest BCUT2D eigenvalue weighted by Crippen LogP contribution is 2.26. The van der Waals surface area contributed by atoms with Crippen molar-refractivity contribution in [2.24, 2.45) is 5.73 Å². The number of hydrogen-bond acceptors (Lipinski definition) is 4. The molecule has 0 aromatic heterocycles. The average Bonchev–Trinajstić information content (AvgIpc) is 3.02. The number of nitrogens with zero attached hydrogens (tertiary/aromatic N) is 2. The van der Waals surface area contributed by atoms with Gasteiger partial charge in [0.05, 0.1) is 0 Å². The first-order chi connectivity index (χ1) is 11.4. The van der Waals surface area contributed by atoms with E-state index in [1.165, 1.54) is 5.56 Å². The Morgan fingerprint density at radius 2 is 2.00 bits per heavy atom. The van der Waals surface area contributed by atoms with E-state index in [2.05, 4.69) is 0 Å². The number of aliphatic hydroxyl groups excluding tert-OH is 1. The minimum Gasteiger partial charge on any atom is -0.383 e. The predicted molar refractivity (Wildman–Crippen MR) is 92.2 cm³/mol. The molecule has 1 aliphatic heterocycles. The van der Waals surface area contributed by atoms with Crippen LogP contribution in [0.5, 0.6) is 0 Å². The summed E-state index contributed by atoms with van der Waals surface area (Å²) in [5.74, 6) is -0.741. The summed E-state index contributed by atoms with van der Waals surface area (Å²) in [5, 5.41) is 10.2. The molecule has 2 atom stereocenters. The number of carbonyl (C=O) groups is 2. The molecular formula is C18H27N3O3. The van der Waals surface area contributed by atoms with Crippen LogP contribution in [-0.4, -0.2) is 65.5 Å². The molecule has 1 saturated heterocycles. The summed E-state index contributed by atoms with van der Waals surface area (Å²) in [4.78, 5) is 27.6. The summed E-state index contributed by atoms with van der Waals surface area (Å²) in [5.41, 5.74) is 5.89. The minimum atomic E-state index is -1.03. The fraction of sp³-hybridized carbons (Fsp3) is 0.556.